The molecule has 0 radical (unpaired) electrons. The van der Waals surface area contributed by atoms with Crippen molar-refractivity contribution >= 4 is 0 Å². The van der Waals surface area contributed by atoms with Crippen molar-refractivity contribution < 1.29 is 0 Å². The number of rotatable bonds is 5. The van der Waals surface area contributed by atoms with Crippen LogP contribution in [-0.4, -0.2) is 29.9 Å². The van der Waals surface area contributed by atoms with Gasteiger partial charge in [-0.2, -0.15) is 0 Å². The van der Waals surface area contributed by atoms with Crippen molar-refractivity contribution in [3.05, 3.63) is 83.0 Å². The number of nitrogens with zero attached hydrogens (tertiary/aromatic N) is 6. The van der Waals surface area contributed by atoms with Crippen LogP contribution in [0.5, 0.6) is 0 Å². The molecule has 0 aliphatic rings. The second kappa shape index (κ2) is 11.3. The monoisotopic (exact) mass is 564 g/mol. The highest BCUT2D eigenvalue weighted by molar-refractivity contribution is 5.57. The summed E-state index contributed by atoms with van der Waals surface area (Å²) in [5, 5.41) is 0. The summed E-state index contributed by atoms with van der Waals surface area (Å²) in [5.74, 6) is 4.78. The lowest BCUT2D eigenvalue weighted by atomic mass is 9.92. The molecule has 222 valence electrons. The van der Waals surface area contributed by atoms with Gasteiger partial charge in [0.2, 0.25) is 0 Å². The number of benzene rings is 2. The van der Waals surface area contributed by atoms with Crippen molar-refractivity contribution in [3.63, 3.8) is 0 Å². The number of hydrogen-bond acceptors (Lipinski definition) is 6. The van der Waals surface area contributed by atoms with Crippen molar-refractivity contribution in [2.75, 3.05) is 0 Å². The van der Waals surface area contributed by atoms with Gasteiger partial charge in [-0.25, -0.2) is 29.9 Å². The summed E-state index contributed by atoms with van der Waals surface area (Å²) in [5.41, 5.74) is 3.99. The molecule has 4 rings (SSSR count). The predicted molar refractivity (Wildman–Crippen MR) is 173 cm³/mol. The topological polar surface area (TPSA) is 77.3 Å². The van der Waals surface area contributed by atoms with Gasteiger partial charge in [-0.3, -0.25) is 0 Å². The molecule has 0 aliphatic heterocycles. The van der Waals surface area contributed by atoms with Crippen molar-refractivity contribution in [2.45, 2.75) is 118 Å². The average molecular weight is 565 g/mol. The summed E-state index contributed by atoms with van der Waals surface area (Å²) in [6.45, 7) is 25.7. The van der Waals surface area contributed by atoms with Gasteiger partial charge < -0.3 is 0 Å². The molecule has 6 heteroatoms. The van der Waals surface area contributed by atoms with E-state index >= 15 is 0 Å². The third kappa shape index (κ3) is 7.64. The predicted octanol–water partition coefficient (Wildman–Crippen LogP) is 8.37. The molecular formula is C36H48N6. The largest absolute Gasteiger partial charge is 0.217 e. The highest BCUT2D eigenvalue weighted by Crippen LogP contribution is 2.28. The standard InChI is InChI=1S/C36H48N6/c1-33(2,3)29-37-27(38-30(41-29)34(4,5)6)25-19-15-23(16-20-25)13-14-24-17-21-26(22-18-24)28-39-31(35(7,8)9)42-32(40-28)36(10,11)12/h15-22H,13-14H2,1-12H3. The van der Waals surface area contributed by atoms with Gasteiger partial charge in [0, 0.05) is 32.8 Å². The molecule has 0 aliphatic carbocycles. The van der Waals surface area contributed by atoms with Gasteiger partial charge in [-0.15, -0.1) is 0 Å². The molecule has 2 aromatic carbocycles. The summed E-state index contributed by atoms with van der Waals surface area (Å²) >= 11 is 0. The van der Waals surface area contributed by atoms with E-state index in [4.69, 9.17) is 29.9 Å². The van der Waals surface area contributed by atoms with Gasteiger partial charge in [-0.05, 0) is 24.0 Å². The zero-order chi connectivity index (χ0) is 31.1. The second-order valence-electron chi connectivity index (χ2n) is 15.5. The second-order valence-corrected chi connectivity index (χ2v) is 15.5. The highest BCUT2D eigenvalue weighted by Gasteiger charge is 2.26. The lowest BCUT2D eigenvalue weighted by molar-refractivity contribution is 0.497. The van der Waals surface area contributed by atoms with Crippen LogP contribution in [0.25, 0.3) is 22.8 Å². The zero-order valence-electron chi connectivity index (χ0n) is 27.7. The van der Waals surface area contributed by atoms with Crippen molar-refractivity contribution in [1.82, 2.24) is 29.9 Å². The van der Waals surface area contributed by atoms with Crippen LogP contribution in [0, 0.1) is 0 Å². The maximum atomic E-state index is 4.85. The Hall–Kier alpha value is -3.54. The molecule has 4 aromatic rings. The Labute approximate surface area is 252 Å². The summed E-state index contributed by atoms with van der Waals surface area (Å²) in [4.78, 5) is 29.0. The molecule has 0 saturated heterocycles. The minimum Gasteiger partial charge on any atom is -0.217 e. The van der Waals surface area contributed by atoms with Crippen molar-refractivity contribution in [3.8, 4) is 22.8 Å². The lowest BCUT2D eigenvalue weighted by Crippen LogP contribution is -2.24. The van der Waals surface area contributed by atoms with Gasteiger partial charge in [0.15, 0.2) is 11.6 Å². The SMILES string of the molecule is CC(C)(C)c1nc(-c2ccc(CCc3ccc(-c4nc(C(C)(C)C)nc(C(C)(C)C)n4)cc3)cc2)nc(C(C)(C)C)n1. The van der Waals surface area contributed by atoms with E-state index in [9.17, 15) is 0 Å². The minimum absolute atomic E-state index is 0.152. The van der Waals surface area contributed by atoms with E-state index in [1.807, 2.05) is 0 Å². The maximum Gasteiger partial charge on any atom is 0.163 e. The molecule has 0 spiro atoms. The number of aromatic nitrogens is 6. The van der Waals surface area contributed by atoms with Crippen LogP contribution in [0.3, 0.4) is 0 Å². The number of hydrogen-bond donors (Lipinski definition) is 0. The average Bonchev–Trinajstić information content (AvgIpc) is 2.90. The highest BCUT2D eigenvalue weighted by atomic mass is 15.1. The van der Waals surface area contributed by atoms with Crippen LogP contribution < -0.4 is 0 Å². The maximum absolute atomic E-state index is 4.85. The molecule has 0 saturated carbocycles. The van der Waals surface area contributed by atoms with Crippen LogP contribution in [0.2, 0.25) is 0 Å². The lowest BCUT2D eigenvalue weighted by Gasteiger charge is -2.22. The summed E-state index contributed by atoms with van der Waals surface area (Å²) in [6.07, 6.45) is 1.90. The Kier molecular flexibility index (Phi) is 8.43. The first-order chi connectivity index (χ1) is 19.3. The van der Waals surface area contributed by atoms with Gasteiger partial charge in [0.1, 0.15) is 23.3 Å². The Balaban J connectivity index is 1.51. The fraction of sp³-hybridized carbons (Fsp3) is 0.500. The molecule has 42 heavy (non-hydrogen) atoms. The summed E-state index contributed by atoms with van der Waals surface area (Å²) in [7, 11) is 0. The smallest absolute Gasteiger partial charge is 0.163 e. The normalized spacial score (nSPS) is 13.0. The van der Waals surface area contributed by atoms with Crippen molar-refractivity contribution in [1.29, 1.82) is 0 Å². The Morgan fingerprint density at radius 3 is 0.810 bits per heavy atom. The first-order valence-electron chi connectivity index (χ1n) is 15.0. The van der Waals surface area contributed by atoms with Crippen LogP contribution in [0.4, 0.5) is 0 Å². The molecule has 0 unspecified atom stereocenters. The molecule has 6 nitrogen and oxygen atoms in total. The molecule has 0 fully saturated rings. The minimum atomic E-state index is -0.152. The molecule has 2 aromatic heterocycles. The van der Waals surface area contributed by atoms with E-state index in [2.05, 4.69) is 132 Å². The third-order valence-corrected chi connectivity index (χ3v) is 7.08. The van der Waals surface area contributed by atoms with E-state index in [0.29, 0.717) is 0 Å². The molecule has 0 bridgehead atoms. The quantitative estimate of drug-likeness (QED) is 0.242. The first kappa shape index (κ1) is 31.4. The van der Waals surface area contributed by atoms with E-state index in [1.54, 1.807) is 0 Å². The van der Waals surface area contributed by atoms with Crippen molar-refractivity contribution in [2.24, 2.45) is 0 Å². The Morgan fingerprint density at radius 2 is 0.595 bits per heavy atom. The van der Waals surface area contributed by atoms with E-state index < -0.39 is 0 Å². The fourth-order valence-corrected chi connectivity index (χ4v) is 4.28. The van der Waals surface area contributed by atoms with Gasteiger partial charge in [0.05, 0.1) is 0 Å². The van der Waals surface area contributed by atoms with E-state index in [0.717, 1.165) is 58.9 Å². The van der Waals surface area contributed by atoms with Gasteiger partial charge in [-0.1, -0.05) is 132 Å². The third-order valence-electron chi connectivity index (χ3n) is 7.08. The zero-order valence-corrected chi connectivity index (χ0v) is 27.7. The first-order valence-corrected chi connectivity index (χ1v) is 15.0. The Bertz CT molecular complexity index is 1340. The van der Waals surface area contributed by atoms with Gasteiger partial charge in [0.25, 0.3) is 0 Å². The van der Waals surface area contributed by atoms with Crippen LogP contribution in [-0.2, 0) is 34.5 Å². The summed E-state index contributed by atoms with van der Waals surface area (Å²) in [6, 6.07) is 17.3. The van der Waals surface area contributed by atoms with Crippen LogP contribution >= 0.6 is 0 Å². The molecule has 0 atom stereocenters. The van der Waals surface area contributed by atoms with E-state index in [1.165, 1.54) is 11.1 Å². The number of aryl methyl sites for hydroxylation is 2. The summed E-state index contributed by atoms with van der Waals surface area (Å²) < 4.78 is 0. The molecule has 2 heterocycles. The molecule has 0 N–H and O–H groups in total. The van der Waals surface area contributed by atoms with Crippen LogP contribution in [0.1, 0.15) is 118 Å². The fourth-order valence-electron chi connectivity index (χ4n) is 4.28. The Morgan fingerprint density at radius 1 is 0.357 bits per heavy atom. The van der Waals surface area contributed by atoms with Crippen LogP contribution in [0.15, 0.2) is 48.5 Å². The molecular weight excluding hydrogens is 516 g/mol. The van der Waals surface area contributed by atoms with Gasteiger partial charge >= 0.3 is 0 Å². The van der Waals surface area contributed by atoms with E-state index in [-0.39, 0.29) is 21.7 Å². The molecule has 0 amide bonds.